The Morgan fingerprint density at radius 2 is 1.92 bits per heavy atom. The highest BCUT2D eigenvalue weighted by Gasteiger charge is 2.17. The van der Waals surface area contributed by atoms with Crippen molar-refractivity contribution in [2.75, 3.05) is 40.4 Å². The summed E-state index contributed by atoms with van der Waals surface area (Å²) in [4.78, 5) is 14.4. The number of ether oxygens (including phenoxy) is 2. The number of benzene rings is 1. The number of likely N-dealkylation sites (tertiary alicyclic amines) is 1. The van der Waals surface area contributed by atoms with E-state index in [0.717, 1.165) is 24.9 Å². The van der Waals surface area contributed by atoms with E-state index in [0.29, 0.717) is 30.6 Å². The number of amides is 2. The minimum atomic E-state index is -0.0998. The fourth-order valence-electron chi connectivity index (χ4n) is 3.39. The molecule has 2 rings (SSSR count). The molecule has 2 N–H and O–H groups in total. The number of carbonyl (C=O) groups excluding carboxylic acids is 1. The highest BCUT2D eigenvalue weighted by Crippen LogP contribution is 2.27. The Morgan fingerprint density at radius 3 is 2.65 bits per heavy atom. The summed E-state index contributed by atoms with van der Waals surface area (Å²) in [5.41, 5.74) is 1.10. The van der Waals surface area contributed by atoms with Crippen molar-refractivity contribution in [3.63, 3.8) is 0 Å². The van der Waals surface area contributed by atoms with Gasteiger partial charge in [-0.1, -0.05) is 12.5 Å². The maximum Gasteiger partial charge on any atom is 0.314 e. The fraction of sp³-hybridized carbons (Fsp3) is 0.650. The van der Waals surface area contributed by atoms with E-state index in [4.69, 9.17) is 9.47 Å². The topological polar surface area (TPSA) is 62.8 Å². The average Bonchev–Trinajstić information content (AvgIpc) is 2.66. The Hall–Kier alpha value is -1.95. The predicted octanol–water partition coefficient (Wildman–Crippen LogP) is 2.81. The molecule has 1 unspecified atom stereocenters. The molecule has 1 saturated heterocycles. The molecule has 2 amide bonds. The molecule has 6 nitrogen and oxygen atoms in total. The largest absolute Gasteiger partial charge is 0.493 e. The molecule has 1 aromatic carbocycles. The molecule has 1 fully saturated rings. The van der Waals surface area contributed by atoms with Gasteiger partial charge in [-0.25, -0.2) is 4.79 Å². The minimum Gasteiger partial charge on any atom is -0.493 e. The monoisotopic (exact) mass is 363 g/mol. The lowest BCUT2D eigenvalue weighted by Gasteiger charge is -2.33. The van der Waals surface area contributed by atoms with Crippen molar-refractivity contribution in [1.82, 2.24) is 15.5 Å². The molecule has 0 spiro atoms. The van der Waals surface area contributed by atoms with E-state index in [1.807, 2.05) is 18.2 Å². The van der Waals surface area contributed by atoms with Crippen LogP contribution in [0.15, 0.2) is 18.2 Å². The zero-order valence-corrected chi connectivity index (χ0v) is 16.3. The van der Waals surface area contributed by atoms with Gasteiger partial charge in [0.1, 0.15) is 0 Å². The van der Waals surface area contributed by atoms with Crippen LogP contribution >= 0.6 is 0 Å². The van der Waals surface area contributed by atoms with Gasteiger partial charge in [0, 0.05) is 25.7 Å². The third-order valence-corrected chi connectivity index (χ3v) is 5.00. The van der Waals surface area contributed by atoms with Gasteiger partial charge in [0.15, 0.2) is 11.5 Å². The summed E-state index contributed by atoms with van der Waals surface area (Å²) in [5.74, 6) is 1.42. The number of carbonyl (C=O) groups is 1. The predicted molar refractivity (Wildman–Crippen MR) is 104 cm³/mol. The van der Waals surface area contributed by atoms with Gasteiger partial charge in [-0.2, -0.15) is 0 Å². The first-order valence-corrected chi connectivity index (χ1v) is 9.60. The van der Waals surface area contributed by atoms with E-state index in [1.54, 1.807) is 14.2 Å². The first-order valence-electron chi connectivity index (χ1n) is 9.60. The Labute approximate surface area is 157 Å². The molecule has 0 aromatic heterocycles. The molecule has 0 saturated carbocycles. The maximum absolute atomic E-state index is 11.9. The van der Waals surface area contributed by atoms with Crippen LogP contribution in [0.1, 0.15) is 38.2 Å². The van der Waals surface area contributed by atoms with E-state index >= 15 is 0 Å². The van der Waals surface area contributed by atoms with Crippen molar-refractivity contribution >= 4 is 6.03 Å². The van der Waals surface area contributed by atoms with Crippen LogP contribution in [-0.4, -0.2) is 57.4 Å². The summed E-state index contributed by atoms with van der Waals surface area (Å²) in [6, 6.07) is 6.39. The number of urea groups is 1. The Balaban J connectivity index is 1.60. The van der Waals surface area contributed by atoms with E-state index in [-0.39, 0.29) is 6.03 Å². The lowest BCUT2D eigenvalue weighted by molar-refractivity contribution is 0.159. The number of nitrogens with one attached hydrogen (secondary N) is 2. The maximum atomic E-state index is 11.9. The van der Waals surface area contributed by atoms with Gasteiger partial charge in [-0.15, -0.1) is 0 Å². The standard InChI is InChI=1S/C20H33N3O3/c1-16-7-4-5-13-23(16)14-6-11-21-20(24)22-12-10-17-8-9-18(25-2)19(15-17)26-3/h8-9,15-16H,4-7,10-14H2,1-3H3,(H2,21,22,24). The molecule has 1 atom stereocenters. The first-order chi connectivity index (χ1) is 12.6. The normalized spacial score (nSPS) is 17.6. The van der Waals surface area contributed by atoms with E-state index in [2.05, 4.69) is 22.5 Å². The highest BCUT2D eigenvalue weighted by molar-refractivity contribution is 5.73. The summed E-state index contributed by atoms with van der Waals surface area (Å²) >= 11 is 0. The molecular formula is C20H33N3O3. The Bertz CT molecular complexity index is 565. The van der Waals surface area contributed by atoms with Crippen molar-refractivity contribution in [3.8, 4) is 11.5 Å². The number of piperidine rings is 1. The van der Waals surface area contributed by atoms with Gasteiger partial charge in [-0.05, 0) is 56.8 Å². The number of rotatable bonds is 9. The molecule has 0 aliphatic carbocycles. The van der Waals surface area contributed by atoms with Gasteiger partial charge in [-0.3, -0.25) is 0 Å². The second-order valence-corrected chi connectivity index (χ2v) is 6.86. The third-order valence-electron chi connectivity index (χ3n) is 5.00. The molecule has 0 radical (unpaired) electrons. The van der Waals surface area contributed by atoms with Crippen LogP contribution in [0.2, 0.25) is 0 Å². The molecule has 1 heterocycles. The summed E-state index contributed by atoms with van der Waals surface area (Å²) in [5, 5.41) is 5.85. The smallest absolute Gasteiger partial charge is 0.314 e. The molecule has 0 bridgehead atoms. The second-order valence-electron chi connectivity index (χ2n) is 6.86. The molecule has 6 heteroatoms. The molecule has 1 aliphatic heterocycles. The lowest BCUT2D eigenvalue weighted by atomic mass is 10.0. The van der Waals surface area contributed by atoms with Crippen LogP contribution in [0, 0.1) is 0 Å². The van der Waals surface area contributed by atoms with Gasteiger partial charge in [0.05, 0.1) is 14.2 Å². The van der Waals surface area contributed by atoms with Crippen LogP contribution in [0.4, 0.5) is 4.79 Å². The van der Waals surface area contributed by atoms with Crippen molar-refractivity contribution in [1.29, 1.82) is 0 Å². The van der Waals surface area contributed by atoms with Crippen LogP contribution in [0.3, 0.4) is 0 Å². The first kappa shape index (κ1) is 20.4. The lowest BCUT2D eigenvalue weighted by Crippen LogP contribution is -2.41. The number of hydrogen-bond acceptors (Lipinski definition) is 4. The Morgan fingerprint density at radius 1 is 1.15 bits per heavy atom. The van der Waals surface area contributed by atoms with Crippen LogP contribution in [-0.2, 0) is 6.42 Å². The van der Waals surface area contributed by atoms with Crippen LogP contribution in [0.5, 0.6) is 11.5 Å². The van der Waals surface area contributed by atoms with Crippen LogP contribution < -0.4 is 20.1 Å². The minimum absolute atomic E-state index is 0.0998. The zero-order chi connectivity index (χ0) is 18.8. The number of hydrogen-bond donors (Lipinski definition) is 2. The van der Waals surface area contributed by atoms with E-state index in [9.17, 15) is 4.79 Å². The van der Waals surface area contributed by atoms with Gasteiger partial charge in [0.2, 0.25) is 0 Å². The zero-order valence-electron chi connectivity index (χ0n) is 16.3. The summed E-state index contributed by atoms with van der Waals surface area (Å²) in [6.45, 7) is 5.86. The van der Waals surface area contributed by atoms with Gasteiger partial charge in [0.25, 0.3) is 0 Å². The Kier molecular flexibility index (Phi) is 8.54. The molecule has 1 aromatic rings. The fourth-order valence-corrected chi connectivity index (χ4v) is 3.39. The van der Waals surface area contributed by atoms with Crippen molar-refractivity contribution in [2.24, 2.45) is 0 Å². The van der Waals surface area contributed by atoms with Crippen molar-refractivity contribution in [3.05, 3.63) is 23.8 Å². The summed E-state index contributed by atoms with van der Waals surface area (Å²) in [6.07, 6.45) is 5.68. The van der Waals surface area contributed by atoms with Gasteiger partial charge < -0.3 is 25.0 Å². The van der Waals surface area contributed by atoms with E-state index in [1.165, 1.54) is 25.8 Å². The van der Waals surface area contributed by atoms with Gasteiger partial charge >= 0.3 is 6.03 Å². The molecule has 1 aliphatic rings. The summed E-state index contributed by atoms with van der Waals surface area (Å²) < 4.78 is 10.5. The SMILES string of the molecule is COc1ccc(CCNC(=O)NCCCN2CCCCC2C)cc1OC. The molecule has 146 valence electrons. The third kappa shape index (κ3) is 6.41. The average molecular weight is 364 g/mol. The molecule has 26 heavy (non-hydrogen) atoms. The van der Waals surface area contributed by atoms with Crippen molar-refractivity contribution < 1.29 is 14.3 Å². The molecular weight excluding hydrogens is 330 g/mol. The number of nitrogens with zero attached hydrogens (tertiary/aromatic N) is 1. The number of methoxy groups -OCH3 is 2. The second kappa shape index (κ2) is 10.9. The van der Waals surface area contributed by atoms with E-state index < -0.39 is 0 Å². The quantitative estimate of drug-likeness (QED) is 0.662. The highest BCUT2D eigenvalue weighted by atomic mass is 16.5. The summed E-state index contributed by atoms with van der Waals surface area (Å²) in [7, 11) is 3.24. The van der Waals surface area contributed by atoms with Crippen LogP contribution in [0.25, 0.3) is 0 Å². The van der Waals surface area contributed by atoms with Crippen molar-refractivity contribution in [2.45, 2.75) is 45.1 Å².